The average molecular weight is 774 g/mol. The molecule has 12 aromatic rings. The fraction of sp³-hybridized carbons (Fsp3) is 0. The minimum atomic E-state index is 0.646. The highest BCUT2D eigenvalue weighted by Crippen LogP contribution is 2.43. The summed E-state index contributed by atoms with van der Waals surface area (Å²) in [5.74, 6) is 1.96. The Morgan fingerprint density at radius 1 is 0.293 bits per heavy atom. The van der Waals surface area contributed by atoms with Crippen molar-refractivity contribution in [2.45, 2.75) is 0 Å². The van der Waals surface area contributed by atoms with Gasteiger partial charge in [0.15, 0.2) is 17.5 Å². The number of hydrogen-bond acceptors (Lipinski definition) is 5. The highest BCUT2D eigenvalue weighted by atomic mass is 32.1. The summed E-state index contributed by atoms with van der Waals surface area (Å²) in [7, 11) is 0. The maximum atomic E-state index is 5.33. The lowest BCUT2D eigenvalue weighted by atomic mass is 9.97. The van der Waals surface area contributed by atoms with E-state index in [9.17, 15) is 0 Å². The van der Waals surface area contributed by atoms with Gasteiger partial charge in [-0.3, -0.25) is 0 Å². The van der Waals surface area contributed by atoms with E-state index in [0.717, 1.165) is 38.4 Å². The lowest BCUT2D eigenvalue weighted by Gasteiger charge is -2.12. The zero-order chi connectivity index (χ0) is 38.2. The predicted octanol–water partition coefficient (Wildman–Crippen LogP) is 15.2. The van der Waals surface area contributed by atoms with Crippen molar-refractivity contribution in [3.8, 4) is 56.4 Å². The first-order valence-corrected chi connectivity index (χ1v) is 21.1. The average Bonchev–Trinajstić information content (AvgIpc) is 3.87. The molecule has 0 atom stereocenters. The first-order valence-electron chi connectivity index (χ1n) is 19.4. The van der Waals surface area contributed by atoms with Gasteiger partial charge in [-0.15, -0.1) is 22.7 Å². The summed E-state index contributed by atoms with van der Waals surface area (Å²) < 4.78 is 5.02. The quantitative estimate of drug-likeness (QED) is 0.175. The molecule has 3 aromatic heterocycles. The van der Waals surface area contributed by atoms with Gasteiger partial charge in [0.05, 0.1) is 0 Å². The van der Waals surface area contributed by atoms with Crippen molar-refractivity contribution in [3.05, 3.63) is 188 Å². The lowest BCUT2D eigenvalue weighted by molar-refractivity contribution is 1.08. The number of thiophene rings is 2. The lowest BCUT2D eigenvalue weighted by Crippen LogP contribution is -2.01. The summed E-state index contributed by atoms with van der Waals surface area (Å²) in [6.45, 7) is 0. The van der Waals surface area contributed by atoms with Crippen molar-refractivity contribution in [2.75, 3.05) is 0 Å². The summed E-state index contributed by atoms with van der Waals surface area (Å²) in [5.41, 5.74) is 7.73. The molecule has 0 bridgehead atoms. The molecule has 3 nitrogen and oxygen atoms in total. The molecule has 270 valence electrons. The van der Waals surface area contributed by atoms with Crippen LogP contribution in [0.2, 0.25) is 0 Å². The molecule has 0 radical (unpaired) electrons. The molecule has 0 aliphatic carbocycles. The summed E-state index contributed by atoms with van der Waals surface area (Å²) in [5, 5.41) is 9.70. The van der Waals surface area contributed by atoms with Crippen LogP contribution in [0, 0.1) is 0 Å². The second kappa shape index (κ2) is 13.3. The topological polar surface area (TPSA) is 38.7 Å². The smallest absolute Gasteiger partial charge is 0.164 e. The molecular weight excluding hydrogens is 743 g/mol. The van der Waals surface area contributed by atoms with E-state index in [1.165, 1.54) is 62.4 Å². The van der Waals surface area contributed by atoms with Gasteiger partial charge in [-0.2, -0.15) is 0 Å². The standard InChI is InChI=1S/C53H31N3S2/c1-3-18-37-32(12-1)14-8-21-39(37)35-28-29-44-48(31-35)57-47-27-11-25-45(49(44)47)53-55-51(54-52(56-53)43-24-9-15-33-13-2-4-19-38(33)43)36-17-7-16-34(30-36)40-22-10-23-42-41-20-5-6-26-46(41)58-50(40)42/h1-31H. The van der Waals surface area contributed by atoms with Gasteiger partial charge in [0.25, 0.3) is 0 Å². The van der Waals surface area contributed by atoms with Crippen molar-refractivity contribution in [1.82, 2.24) is 15.0 Å². The molecule has 0 fully saturated rings. The van der Waals surface area contributed by atoms with Gasteiger partial charge in [0.2, 0.25) is 0 Å². The normalized spacial score (nSPS) is 11.8. The van der Waals surface area contributed by atoms with E-state index in [1.807, 2.05) is 22.7 Å². The van der Waals surface area contributed by atoms with Crippen LogP contribution >= 0.6 is 22.7 Å². The van der Waals surface area contributed by atoms with Crippen molar-refractivity contribution in [1.29, 1.82) is 0 Å². The van der Waals surface area contributed by atoms with Crippen LogP contribution in [0.5, 0.6) is 0 Å². The molecule has 0 N–H and O–H groups in total. The fourth-order valence-electron chi connectivity index (χ4n) is 8.62. The Balaban J connectivity index is 1.05. The number of rotatable bonds is 5. The van der Waals surface area contributed by atoms with E-state index >= 15 is 0 Å². The number of fused-ring (bicyclic) bond motifs is 8. The van der Waals surface area contributed by atoms with Gasteiger partial charge in [-0.1, -0.05) is 164 Å². The molecule has 0 spiro atoms. The number of aromatic nitrogens is 3. The monoisotopic (exact) mass is 773 g/mol. The molecule has 0 unspecified atom stereocenters. The maximum Gasteiger partial charge on any atom is 0.164 e. The van der Waals surface area contributed by atoms with E-state index < -0.39 is 0 Å². The molecular formula is C53H31N3S2. The van der Waals surface area contributed by atoms with Crippen LogP contribution < -0.4 is 0 Å². The van der Waals surface area contributed by atoms with Crippen LogP contribution in [0.3, 0.4) is 0 Å². The molecule has 0 aliphatic heterocycles. The maximum absolute atomic E-state index is 5.33. The Bertz CT molecular complexity index is 3590. The number of benzene rings is 9. The molecule has 9 aromatic carbocycles. The predicted molar refractivity (Wildman–Crippen MR) is 248 cm³/mol. The summed E-state index contributed by atoms with van der Waals surface area (Å²) in [4.78, 5) is 15.9. The summed E-state index contributed by atoms with van der Waals surface area (Å²) in [6.07, 6.45) is 0. The Morgan fingerprint density at radius 2 is 0.845 bits per heavy atom. The van der Waals surface area contributed by atoms with E-state index in [1.54, 1.807) is 0 Å². The zero-order valence-electron chi connectivity index (χ0n) is 31.1. The van der Waals surface area contributed by atoms with Crippen LogP contribution in [0.1, 0.15) is 0 Å². The van der Waals surface area contributed by atoms with E-state index in [2.05, 4.69) is 188 Å². The Labute approximate surface area is 342 Å². The van der Waals surface area contributed by atoms with Crippen molar-refractivity contribution >= 4 is 84.6 Å². The van der Waals surface area contributed by atoms with Gasteiger partial charge in [-0.25, -0.2) is 15.0 Å². The fourth-order valence-corrected chi connectivity index (χ4v) is 11.0. The van der Waals surface area contributed by atoms with Crippen LogP contribution in [0.15, 0.2) is 188 Å². The highest BCUT2D eigenvalue weighted by molar-refractivity contribution is 7.26. The molecule has 0 saturated carbocycles. The number of hydrogen-bond donors (Lipinski definition) is 0. The van der Waals surface area contributed by atoms with Crippen molar-refractivity contribution in [2.24, 2.45) is 0 Å². The minimum Gasteiger partial charge on any atom is -0.208 e. The van der Waals surface area contributed by atoms with Gasteiger partial charge < -0.3 is 0 Å². The van der Waals surface area contributed by atoms with E-state index in [-0.39, 0.29) is 0 Å². The molecule has 5 heteroatoms. The molecule has 3 heterocycles. The summed E-state index contributed by atoms with van der Waals surface area (Å²) >= 11 is 3.67. The molecule has 12 rings (SSSR count). The SMILES string of the molecule is c1cc(-c2nc(-c3cccc4ccccc34)nc(-c3cccc4sc5cc(-c6cccc7ccccc67)ccc5c34)n2)cc(-c2cccc3c2sc2ccccc23)c1. The summed E-state index contributed by atoms with van der Waals surface area (Å²) in [6, 6.07) is 67.3. The molecule has 0 amide bonds. The van der Waals surface area contributed by atoms with Crippen LogP contribution in [-0.4, -0.2) is 15.0 Å². The van der Waals surface area contributed by atoms with Gasteiger partial charge >= 0.3 is 0 Å². The first-order chi connectivity index (χ1) is 28.7. The Hall–Kier alpha value is -7.05. The Kier molecular flexibility index (Phi) is 7.58. The van der Waals surface area contributed by atoms with Crippen molar-refractivity contribution < 1.29 is 0 Å². The molecule has 0 aliphatic rings. The third-order valence-electron chi connectivity index (χ3n) is 11.3. The van der Waals surface area contributed by atoms with Gasteiger partial charge in [0.1, 0.15) is 0 Å². The third-order valence-corrected chi connectivity index (χ3v) is 13.7. The van der Waals surface area contributed by atoms with Gasteiger partial charge in [-0.05, 0) is 68.1 Å². The molecule has 58 heavy (non-hydrogen) atoms. The second-order valence-corrected chi connectivity index (χ2v) is 16.8. The van der Waals surface area contributed by atoms with Gasteiger partial charge in [0, 0.05) is 57.0 Å². The van der Waals surface area contributed by atoms with E-state index in [4.69, 9.17) is 15.0 Å². The molecule has 0 saturated heterocycles. The highest BCUT2D eigenvalue weighted by Gasteiger charge is 2.19. The minimum absolute atomic E-state index is 0.646. The largest absolute Gasteiger partial charge is 0.208 e. The van der Waals surface area contributed by atoms with Crippen LogP contribution in [-0.2, 0) is 0 Å². The first kappa shape index (κ1) is 33.1. The van der Waals surface area contributed by atoms with Crippen LogP contribution in [0.25, 0.3) is 118 Å². The number of nitrogens with zero attached hydrogens (tertiary/aromatic N) is 3. The second-order valence-electron chi connectivity index (χ2n) is 14.7. The van der Waals surface area contributed by atoms with E-state index in [0.29, 0.717) is 17.5 Å². The third kappa shape index (κ3) is 5.36. The Morgan fingerprint density at radius 3 is 1.69 bits per heavy atom. The van der Waals surface area contributed by atoms with Crippen LogP contribution in [0.4, 0.5) is 0 Å². The van der Waals surface area contributed by atoms with Crippen molar-refractivity contribution in [3.63, 3.8) is 0 Å². The zero-order valence-corrected chi connectivity index (χ0v) is 32.7.